The molecule has 104 valence electrons. The van der Waals surface area contributed by atoms with Crippen LogP contribution in [-0.4, -0.2) is 24.5 Å². The molecule has 0 heterocycles. The molecule has 1 aromatic carbocycles. The van der Waals surface area contributed by atoms with Crippen molar-refractivity contribution in [2.45, 2.75) is 32.2 Å². The minimum atomic E-state index is -0.921. The minimum Gasteiger partial charge on any atom is -0.465 e. The Morgan fingerprint density at radius 3 is 2.68 bits per heavy atom. The smallest absolute Gasteiger partial charge is 0.337 e. The Labute approximate surface area is 113 Å². The van der Waals surface area contributed by atoms with Gasteiger partial charge in [0.05, 0.1) is 18.2 Å². The van der Waals surface area contributed by atoms with Crippen LogP contribution in [0.1, 0.15) is 37.0 Å². The Kier molecular flexibility index (Phi) is 5.06. The number of amides is 1. The SMILES string of the molecule is CCCC(C)(N)C(=O)Nc1cccc(C(=O)OC)c1. The second kappa shape index (κ2) is 6.33. The molecule has 0 radical (unpaired) electrons. The van der Waals surface area contributed by atoms with E-state index >= 15 is 0 Å². The number of carbonyl (C=O) groups is 2. The first-order valence-corrected chi connectivity index (χ1v) is 6.19. The summed E-state index contributed by atoms with van der Waals surface area (Å²) >= 11 is 0. The third-order valence-corrected chi connectivity index (χ3v) is 2.83. The van der Waals surface area contributed by atoms with E-state index in [1.54, 1.807) is 31.2 Å². The summed E-state index contributed by atoms with van der Waals surface area (Å²) in [5, 5.41) is 2.71. The molecule has 1 unspecified atom stereocenters. The Morgan fingerprint density at radius 2 is 2.11 bits per heavy atom. The molecule has 0 saturated heterocycles. The molecular formula is C14H20N2O3. The van der Waals surface area contributed by atoms with Gasteiger partial charge in [0.2, 0.25) is 5.91 Å². The molecule has 0 aliphatic heterocycles. The lowest BCUT2D eigenvalue weighted by Crippen LogP contribution is -2.48. The van der Waals surface area contributed by atoms with Gasteiger partial charge >= 0.3 is 5.97 Å². The van der Waals surface area contributed by atoms with E-state index in [2.05, 4.69) is 10.1 Å². The maximum Gasteiger partial charge on any atom is 0.337 e. The van der Waals surface area contributed by atoms with Gasteiger partial charge in [-0.15, -0.1) is 0 Å². The zero-order chi connectivity index (χ0) is 14.5. The molecule has 0 spiro atoms. The number of esters is 1. The fourth-order valence-electron chi connectivity index (χ4n) is 1.75. The summed E-state index contributed by atoms with van der Waals surface area (Å²) in [6, 6.07) is 6.56. The minimum absolute atomic E-state index is 0.267. The summed E-state index contributed by atoms with van der Waals surface area (Å²) in [5.41, 5.74) is 5.93. The number of ether oxygens (including phenoxy) is 1. The molecular weight excluding hydrogens is 244 g/mol. The van der Waals surface area contributed by atoms with Gasteiger partial charge in [-0.05, 0) is 31.5 Å². The zero-order valence-corrected chi connectivity index (χ0v) is 11.5. The van der Waals surface area contributed by atoms with Crippen LogP contribution in [0.3, 0.4) is 0 Å². The average Bonchev–Trinajstić information content (AvgIpc) is 2.38. The van der Waals surface area contributed by atoms with Crippen LogP contribution in [0.4, 0.5) is 5.69 Å². The maximum atomic E-state index is 12.0. The van der Waals surface area contributed by atoms with Crippen molar-refractivity contribution in [1.82, 2.24) is 0 Å². The molecule has 5 nitrogen and oxygen atoms in total. The van der Waals surface area contributed by atoms with Crippen LogP contribution in [0, 0.1) is 0 Å². The number of carbonyl (C=O) groups excluding carboxylic acids is 2. The van der Waals surface area contributed by atoms with E-state index < -0.39 is 11.5 Å². The number of nitrogens with two attached hydrogens (primary N) is 1. The highest BCUT2D eigenvalue weighted by atomic mass is 16.5. The fourth-order valence-corrected chi connectivity index (χ4v) is 1.75. The number of hydrogen-bond donors (Lipinski definition) is 2. The van der Waals surface area contributed by atoms with Crippen LogP contribution in [0.15, 0.2) is 24.3 Å². The third kappa shape index (κ3) is 4.06. The Balaban J connectivity index is 2.83. The van der Waals surface area contributed by atoms with Gasteiger partial charge in [-0.1, -0.05) is 19.4 Å². The van der Waals surface area contributed by atoms with Gasteiger partial charge in [0, 0.05) is 5.69 Å². The highest BCUT2D eigenvalue weighted by Gasteiger charge is 2.27. The van der Waals surface area contributed by atoms with E-state index in [1.165, 1.54) is 7.11 Å². The first kappa shape index (κ1) is 15.2. The second-order valence-electron chi connectivity index (χ2n) is 4.69. The van der Waals surface area contributed by atoms with Crippen LogP contribution >= 0.6 is 0 Å². The zero-order valence-electron chi connectivity index (χ0n) is 11.5. The van der Waals surface area contributed by atoms with E-state index in [0.29, 0.717) is 17.7 Å². The molecule has 0 aliphatic carbocycles. The predicted molar refractivity (Wildman–Crippen MR) is 73.9 cm³/mol. The van der Waals surface area contributed by atoms with Crippen LogP contribution < -0.4 is 11.1 Å². The molecule has 3 N–H and O–H groups in total. The van der Waals surface area contributed by atoms with Crippen molar-refractivity contribution < 1.29 is 14.3 Å². The number of anilines is 1. The molecule has 0 saturated carbocycles. The molecule has 0 fully saturated rings. The first-order valence-electron chi connectivity index (χ1n) is 6.19. The summed E-state index contributed by atoms with van der Waals surface area (Å²) in [7, 11) is 1.31. The van der Waals surface area contributed by atoms with Crippen molar-refractivity contribution in [1.29, 1.82) is 0 Å². The number of benzene rings is 1. The van der Waals surface area contributed by atoms with Crippen LogP contribution in [0.25, 0.3) is 0 Å². The Hall–Kier alpha value is -1.88. The van der Waals surface area contributed by atoms with Crippen LogP contribution in [0.5, 0.6) is 0 Å². The Bertz CT molecular complexity index is 470. The quantitative estimate of drug-likeness (QED) is 0.796. The molecule has 1 amide bonds. The largest absolute Gasteiger partial charge is 0.465 e. The number of hydrogen-bond acceptors (Lipinski definition) is 4. The predicted octanol–water partition coefficient (Wildman–Crippen LogP) is 1.93. The molecule has 0 bridgehead atoms. The van der Waals surface area contributed by atoms with Crippen molar-refractivity contribution in [2.24, 2.45) is 5.73 Å². The lowest BCUT2D eigenvalue weighted by atomic mass is 9.96. The van der Waals surface area contributed by atoms with Gasteiger partial charge in [-0.2, -0.15) is 0 Å². The standard InChI is InChI=1S/C14H20N2O3/c1-4-8-14(2,15)13(18)16-11-7-5-6-10(9-11)12(17)19-3/h5-7,9H,4,8,15H2,1-3H3,(H,16,18). The van der Waals surface area contributed by atoms with E-state index in [4.69, 9.17) is 5.73 Å². The third-order valence-electron chi connectivity index (χ3n) is 2.83. The topological polar surface area (TPSA) is 81.4 Å². The van der Waals surface area contributed by atoms with Crippen molar-refractivity contribution >= 4 is 17.6 Å². The average molecular weight is 264 g/mol. The van der Waals surface area contributed by atoms with Crippen molar-refractivity contribution in [2.75, 3.05) is 12.4 Å². The maximum absolute atomic E-state index is 12.0. The van der Waals surface area contributed by atoms with Crippen molar-refractivity contribution in [3.63, 3.8) is 0 Å². The summed E-state index contributed by atoms with van der Waals surface area (Å²) in [6.07, 6.45) is 1.41. The number of nitrogens with one attached hydrogen (secondary N) is 1. The Morgan fingerprint density at radius 1 is 1.42 bits per heavy atom. The van der Waals surface area contributed by atoms with E-state index in [9.17, 15) is 9.59 Å². The lowest BCUT2D eigenvalue weighted by Gasteiger charge is -2.22. The summed E-state index contributed by atoms with van der Waals surface area (Å²) in [5.74, 6) is -0.712. The molecule has 1 atom stereocenters. The van der Waals surface area contributed by atoms with Gasteiger partial charge in [0.15, 0.2) is 0 Å². The van der Waals surface area contributed by atoms with E-state index in [1.807, 2.05) is 6.92 Å². The van der Waals surface area contributed by atoms with Crippen LogP contribution in [-0.2, 0) is 9.53 Å². The fraction of sp³-hybridized carbons (Fsp3) is 0.429. The lowest BCUT2D eigenvalue weighted by molar-refractivity contribution is -0.120. The van der Waals surface area contributed by atoms with Gasteiger partial charge in [-0.25, -0.2) is 4.79 Å². The second-order valence-corrected chi connectivity index (χ2v) is 4.69. The van der Waals surface area contributed by atoms with Crippen molar-refractivity contribution in [3.05, 3.63) is 29.8 Å². The van der Waals surface area contributed by atoms with Gasteiger partial charge < -0.3 is 15.8 Å². The van der Waals surface area contributed by atoms with Gasteiger partial charge in [-0.3, -0.25) is 4.79 Å². The molecule has 1 aromatic rings. The summed E-state index contributed by atoms with van der Waals surface area (Å²) < 4.78 is 4.63. The molecule has 0 aliphatic rings. The van der Waals surface area contributed by atoms with E-state index in [0.717, 1.165) is 6.42 Å². The summed E-state index contributed by atoms with van der Waals surface area (Å²) in [4.78, 5) is 23.4. The molecule has 5 heteroatoms. The van der Waals surface area contributed by atoms with Gasteiger partial charge in [0.25, 0.3) is 0 Å². The molecule has 0 aromatic heterocycles. The number of rotatable bonds is 5. The van der Waals surface area contributed by atoms with Crippen LogP contribution in [0.2, 0.25) is 0 Å². The summed E-state index contributed by atoms with van der Waals surface area (Å²) in [6.45, 7) is 3.66. The van der Waals surface area contributed by atoms with Crippen molar-refractivity contribution in [3.8, 4) is 0 Å². The first-order chi connectivity index (χ1) is 8.90. The molecule has 1 rings (SSSR count). The monoisotopic (exact) mass is 264 g/mol. The molecule has 19 heavy (non-hydrogen) atoms. The highest BCUT2D eigenvalue weighted by Crippen LogP contribution is 2.15. The number of methoxy groups -OCH3 is 1. The van der Waals surface area contributed by atoms with E-state index in [-0.39, 0.29) is 5.91 Å². The normalized spacial score (nSPS) is 13.5. The van der Waals surface area contributed by atoms with Gasteiger partial charge in [0.1, 0.15) is 0 Å². The highest BCUT2D eigenvalue weighted by molar-refractivity contribution is 5.99.